The zero-order valence-electron chi connectivity index (χ0n) is 16.2. The van der Waals surface area contributed by atoms with Crippen LogP contribution in [0.25, 0.3) is 0 Å². The van der Waals surface area contributed by atoms with E-state index in [9.17, 15) is 14.4 Å². The highest BCUT2D eigenvalue weighted by molar-refractivity contribution is 5.88. The SMILES string of the molecule is CC(C)(C)OC(=O)N(CCc1ccccc1)[C@H]1CCCN(CC(=O)O)C1=O. The molecule has 148 valence electrons. The van der Waals surface area contributed by atoms with Gasteiger partial charge in [-0.1, -0.05) is 30.3 Å². The van der Waals surface area contributed by atoms with Crippen molar-refractivity contribution >= 4 is 18.0 Å². The molecule has 0 unspecified atom stereocenters. The summed E-state index contributed by atoms with van der Waals surface area (Å²) in [6, 6.07) is 9.00. The maximum atomic E-state index is 12.8. The lowest BCUT2D eigenvalue weighted by Crippen LogP contribution is -2.56. The number of hydrogen-bond acceptors (Lipinski definition) is 4. The lowest BCUT2D eigenvalue weighted by atomic mass is 10.0. The zero-order valence-corrected chi connectivity index (χ0v) is 16.2. The summed E-state index contributed by atoms with van der Waals surface area (Å²) in [5, 5.41) is 9.02. The van der Waals surface area contributed by atoms with Crippen LogP contribution in [0.1, 0.15) is 39.2 Å². The Labute approximate surface area is 159 Å². The molecule has 1 heterocycles. The minimum Gasteiger partial charge on any atom is -0.480 e. The Morgan fingerprint density at radius 3 is 2.52 bits per heavy atom. The number of carbonyl (C=O) groups excluding carboxylic acids is 2. The van der Waals surface area contributed by atoms with Gasteiger partial charge in [0.2, 0.25) is 5.91 Å². The molecule has 0 aromatic heterocycles. The zero-order chi connectivity index (χ0) is 20.0. The molecule has 7 heteroatoms. The van der Waals surface area contributed by atoms with Gasteiger partial charge < -0.3 is 14.7 Å². The molecule has 0 spiro atoms. The first-order valence-electron chi connectivity index (χ1n) is 9.21. The number of carbonyl (C=O) groups is 3. The number of carboxylic acids is 1. The first-order chi connectivity index (χ1) is 12.7. The Morgan fingerprint density at radius 1 is 1.26 bits per heavy atom. The van der Waals surface area contributed by atoms with E-state index in [1.54, 1.807) is 20.8 Å². The first-order valence-corrected chi connectivity index (χ1v) is 9.21. The van der Waals surface area contributed by atoms with Crippen molar-refractivity contribution in [3.63, 3.8) is 0 Å². The van der Waals surface area contributed by atoms with Gasteiger partial charge in [-0.15, -0.1) is 0 Å². The lowest BCUT2D eigenvalue weighted by molar-refractivity contribution is -0.148. The quantitative estimate of drug-likeness (QED) is 0.824. The normalized spacial score (nSPS) is 17.5. The van der Waals surface area contributed by atoms with Gasteiger partial charge in [-0.25, -0.2) is 4.79 Å². The average Bonchev–Trinajstić information content (AvgIpc) is 2.57. The topological polar surface area (TPSA) is 87.2 Å². The first kappa shape index (κ1) is 20.7. The summed E-state index contributed by atoms with van der Waals surface area (Å²) in [4.78, 5) is 39.3. The Hall–Kier alpha value is -2.57. The van der Waals surface area contributed by atoms with E-state index in [-0.39, 0.29) is 12.5 Å². The summed E-state index contributed by atoms with van der Waals surface area (Å²) in [6.45, 7) is 5.70. The number of rotatable bonds is 6. The number of piperidine rings is 1. The molecule has 0 radical (unpaired) electrons. The smallest absolute Gasteiger partial charge is 0.410 e. The molecule has 1 aliphatic heterocycles. The molecule has 7 nitrogen and oxygen atoms in total. The summed E-state index contributed by atoms with van der Waals surface area (Å²) < 4.78 is 5.51. The van der Waals surface area contributed by atoms with E-state index in [0.717, 1.165) is 5.56 Å². The van der Waals surface area contributed by atoms with E-state index in [1.807, 2.05) is 30.3 Å². The van der Waals surface area contributed by atoms with E-state index in [2.05, 4.69) is 0 Å². The number of benzene rings is 1. The highest BCUT2D eigenvalue weighted by Gasteiger charge is 2.38. The maximum absolute atomic E-state index is 12.8. The molecule has 1 atom stereocenters. The van der Waals surface area contributed by atoms with E-state index in [0.29, 0.717) is 32.4 Å². The van der Waals surface area contributed by atoms with Crippen LogP contribution in [-0.4, -0.2) is 64.2 Å². The molecule has 2 amide bonds. The van der Waals surface area contributed by atoms with Crippen LogP contribution in [0.3, 0.4) is 0 Å². The third-order valence-electron chi connectivity index (χ3n) is 4.32. The molecule has 1 fully saturated rings. The fraction of sp³-hybridized carbons (Fsp3) is 0.550. The lowest BCUT2D eigenvalue weighted by Gasteiger charge is -2.38. The fourth-order valence-electron chi connectivity index (χ4n) is 3.12. The van der Waals surface area contributed by atoms with Gasteiger partial charge in [-0.2, -0.15) is 0 Å². The van der Waals surface area contributed by atoms with Crippen molar-refractivity contribution in [1.82, 2.24) is 9.80 Å². The summed E-state index contributed by atoms with van der Waals surface area (Å²) in [5.41, 5.74) is 0.372. The van der Waals surface area contributed by atoms with Crippen LogP contribution < -0.4 is 0 Å². The molecule has 1 N–H and O–H groups in total. The second-order valence-electron chi connectivity index (χ2n) is 7.72. The summed E-state index contributed by atoms with van der Waals surface area (Å²) in [5.74, 6) is -1.39. The minimum absolute atomic E-state index is 0.330. The molecule has 0 saturated carbocycles. The van der Waals surface area contributed by atoms with Gasteiger partial charge in [-0.3, -0.25) is 14.5 Å². The number of carboxylic acid groups (broad SMARTS) is 1. The number of aliphatic carboxylic acids is 1. The van der Waals surface area contributed by atoms with E-state index in [4.69, 9.17) is 9.84 Å². The number of ether oxygens (including phenoxy) is 1. The minimum atomic E-state index is -1.06. The van der Waals surface area contributed by atoms with Gasteiger partial charge in [0.1, 0.15) is 18.2 Å². The molecule has 1 aliphatic rings. The van der Waals surface area contributed by atoms with Crippen molar-refractivity contribution < 1.29 is 24.2 Å². The van der Waals surface area contributed by atoms with Crippen LogP contribution in [0.15, 0.2) is 30.3 Å². The van der Waals surface area contributed by atoms with Crippen molar-refractivity contribution in [2.24, 2.45) is 0 Å². The fourth-order valence-corrected chi connectivity index (χ4v) is 3.12. The monoisotopic (exact) mass is 376 g/mol. The van der Waals surface area contributed by atoms with Crippen LogP contribution in [0.2, 0.25) is 0 Å². The van der Waals surface area contributed by atoms with E-state index in [1.165, 1.54) is 9.80 Å². The highest BCUT2D eigenvalue weighted by atomic mass is 16.6. The molecular weight excluding hydrogens is 348 g/mol. The summed E-state index contributed by atoms with van der Waals surface area (Å²) >= 11 is 0. The van der Waals surface area contributed by atoms with Crippen LogP contribution in [-0.2, 0) is 20.7 Å². The Kier molecular flexibility index (Phi) is 6.82. The van der Waals surface area contributed by atoms with Gasteiger partial charge >= 0.3 is 12.1 Å². The number of hydrogen-bond donors (Lipinski definition) is 1. The van der Waals surface area contributed by atoms with Crippen LogP contribution in [0, 0.1) is 0 Å². The van der Waals surface area contributed by atoms with Gasteiger partial charge in [0, 0.05) is 13.1 Å². The molecule has 0 aliphatic carbocycles. The third-order valence-corrected chi connectivity index (χ3v) is 4.32. The van der Waals surface area contributed by atoms with Gasteiger partial charge in [0.05, 0.1) is 0 Å². The molecule has 27 heavy (non-hydrogen) atoms. The van der Waals surface area contributed by atoms with Crippen molar-refractivity contribution in [2.75, 3.05) is 19.6 Å². The van der Waals surface area contributed by atoms with Crippen molar-refractivity contribution in [3.8, 4) is 0 Å². The van der Waals surface area contributed by atoms with E-state index >= 15 is 0 Å². The van der Waals surface area contributed by atoms with Crippen molar-refractivity contribution in [1.29, 1.82) is 0 Å². The Morgan fingerprint density at radius 2 is 1.93 bits per heavy atom. The summed E-state index contributed by atoms with van der Waals surface area (Å²) in [7, 11) is 0. The maximum Gasteiger partial charge on any atom is 0.410 e. The molecular formula is C20H28N2O5. The van der Waals surface area contributed by atoms with Gasteiger partial charge in [-0.05, 0) is 45.6 Å². The Bertz CT molecular complexity index is 669. The predicted molar refractivity (Wildman–Crippen MR) is 100 cm³/mol. The third kappa shape index (κ3) is 6.27. The molecule has 0 bridgehead atoms. The molecule has 1 aromatic rings. The highest BCUT2D eigenvalue weighted by Crippen LogP contribution is 2.21. The number of nitrogens with zero attached hydrogens (tertiary/aromatic N) is 2. The predicted octanol–water partition coefficient (Wildman–Crippen LogP) is 2.54. The van der Waals surface area contributed by atoms with Crippen LogP contribution in [0.4, 0.5) is 4.79 Å². The average molecular weight is 376 g/mol. The van der Waals surface area contributed by atoms with Crippen molar-refractivity contribution in [3.05, 3.63) is 35.9 Å². The van der Waals surface area contributed by atoms with E-state index < -0.39 is 23.7 Å². The second kappa shape index (κ2) is 8.88. The Balaban J connectivity index is 2.17. The summed E-state index contributed by atoms with van der Waals surface area (Å²) in [6.07, 6.45) is 1.19. The molecule has 1 saturated heterocycles. The molecule has 2 rings (SSSR count). The molecule has 1 aromatic carbocycles. The van der Waals surface area contributed by atoms with Gasteiger partial charge in [0.15, 0.2) is 0 Å². The van der Waals surface area contributed by atoms with Crippen LogP contribution >= 0.6 is 0 Å². The van der Waals surface area contributed by atoms with Crippen molar-refractivity contribution in [2.45, 2.75) is 51.7 Å². The van der Waals surface area contributed by atoms with Crippen LogP contribution in [0.5, 0.6) is 0 Å². The number of likely N-dealkylation sites (tertiary alicyclic amines) is 1. The standard InChI is InChI=1S/C20H28N2O5/c1-20(2,3)27-19(26)22(13-11-15-8-5-4-6-9-15)16-10-7-12-21(18(16)25)14-17(23)24/h4-6,8-9,16H,7,10-14H2,1-3H3,(H,23,24)/t16-/m0/s1. The second-order valence-corrected chi connectivity index (χ2v) is 7.72. The van der Waals surface area contributed by atoms with Gasteiger partial charge in [0.25, 0.3) is 0 Å². The number of amides is 2. The largest absolute Gasteiger partial charge is 0.480 e.